The first-order valence-electron chi connectivity index (χ1n) is 7.84. The van der Waals surface area contributed by atoms with E-state index in [2.05, 4.69) is 26.6 Å². The van der Waals surface area contributed by atoms with Crippen molar-refractivity contribution >= 4 is 45.0 Å². The summed E-state index contributed by atoms with van der Waals surface area (Å²) in [6.07, 6.45) is 0.258. The van der Waals surface area contributed by atoms with Gasteiger partial charge in [0.2, 0.25) is 11.8 Å². The number of ether oxygens (including phenoxy) is 1. The summed E-state index contributed by atoms with van der Waals surface area (Å²) in [6, 6.07) is 11.0. The van der Waals surface area contributed by atoms with Gasteiger partial charge in [-0.3, -0.25) is 9.59 Å². The van der Waals surface area contributed by atoms with E-state index in [0.717, 1.165) is 10.5 Å². The topological polar surface area (TPSA) is 67.4 Å². The molecule has 0 heterocycles. The predicted molar refractivity (Wildman–Crippen MR) is 102 cm³/mol. The number of anilines is 1. The van der Waals surface area contributed by atoms with Gasteiger partial charge in [-0.2, -0.15) is 0 Å². The van der Waals surface area contributed by atoms with Crippen LogP contribution in [0.5, 0.6) is 5.75 Å². The Labute approximate surface area is 164 Å². The highest BCUT2D eigenvalue weighted by Crippen LogP contribution is 2.24. The number of benzene rings is 2. The number of hydrogen-bond donors (Lipinski definition) is 2. The van der Waals surface area contributed by atoms with Gasteiger partial charge < -0.3 is 15.4 Å². The number of carbonyl (C=O) groups is 2. The molecule has 0 saturated heterocycles. The molecule has 0 unspecified atom stereocenters. The molecule has 0 aromatic heterocycles. The van der Waals surface area contributed by atoms with E-state index in [1.165, 1.54) is 12.1 Å². The van der Waals surface area contributed by atoms with Gasteiger partial charge in [0.1, 0.15) is 11.6 Å². The SMILES string of the molecule is O=C(CCOc1ccc(F)cc1Cl)NCCC(=O)Nc1ccc(Br)cc1. The Balaban J connectivity index is 1.62. The van der Waals surface area contributed by atoms with Crippen molar-refractivity contribution in [3.05, 3.63) is 57.8 Å². The number of carbonyl (C=O) groups excluding carboxylic acids is 2. The van der Waals surface area contributed by atoms with Crippen LogP contribution in [0.3, 0.4) is 0 Å². The van der Waals surface area contributed by atoms with Gasteiger partial charge in [0.05, 0.1) is 18.1 Å². The summed E-state index contributed by atoms with van der Waals surface area (Å²) < 4.78 is 19.2. The highest BCUT2D eigenvalue weighted by atomic mass is 79.9. The second-order valence-electron chi connectivity index (χ2n) is 5.33. The fraction of sp³-hybridized carbons (Fsp3) is 0.222. The highest BCUT2D eigenvalue weighted by molar-refractivity contribution is 9.10. The first-order chi connectivity index (χ1) is 12.4. The normalized spacial score (nSPS) is 10.3. The third-order valence-corrected chi connectivity index (χ3v) is 4.11. The summed E-state index contributed by atoms with van der Waals surface area (Å²) in [6.45, 7) is 0.320. The van der Waals surface area contributed by atoms with Crippen molar-refractivity contribution in [2.24, 2.45) is 0 Å². The first kappa shape index (κ1) is 20.2. The molecule has 0 spiro atoms. The maximum atomic E-state index is 12.9. The summed E-state index contributed by atoms with van der Waals surface area (Å²) in [4.78, 5) is 23.5. The smallest absolute Gasteiger partial charge is 0.226 e. The highest BCUT2D eigenvalue weighted by Gasteiger charge is 2.07. The van der Waals surface area contributed by atoms with E-state index < -0.39 is 5.82 Å². The minimum atomic E-state index is -0.457. The summed E-state index contributed by atoms with van der Waals surface area (Å²) >= 11 is 9.14. The Bertz CT molecular complexity index is 772. The van der Waals surface area contributed by atoms with Crippen molar-refractivity contribution in [3.63, 3.8) is 0 Å². The fourth-order valence-electron chi connectivity index (χ4n) is 2.01. The van der Waals surface area contributed by atoms with Gasteiger partial charge in [0, 0.05) is 23.1 Å². The van der Waals surface area contributed by atoms with Crippen LogP contribution in [0.1, 0.15) is 12.8 Å². The van der Waals surface area contributed by atoms with Crippen molar-refractivity contribution in [1.82, 2.24) is 5.32 Å². The fourth-order valence-corrected chi connectivity index (χ4v) is 2.49. The van der Waals surface area contributed by atoms with Crippen LogP contribution in [0.15, 0.2) is 46.9 Å². The second kappa shape index (κ2) is 10.1. The van der Waals surface area contributed by atoms with Crippen molar-refractivity contribution < 1.29 is 18.7 Å². The van der Waals surface area contributed by atoms with Gasteiger partial charge >= 0.3 is 0 Å². The van der Waals surface area contributed by atoms with Gasteiger partial charge in [-0.1, -0.05) is 27.5 Å². The third kappa shape index (κ3) is 7.01. The van der Waals surface area contributed by atoms with Crippen LogP contribution >= 0.6 is 27.5 Å². The number of amides is 2. The molecule has 0 fully saturated rings. The molecule has 0 aliphatic heterocycles. The van der Waals surface area contributed by atoms with Crippen LogP contribution in [0.2, 0.25) is 5.02 Å². The third-order valence-electron chi connectivity index (χ3n) is 3.28. The molecule has 0 aliphatic carbocycles. The summed E-state index contributed by atoms with van der Waals surface area (Å²) in [5.74, 6) is -0.585. The Morgan fingerprint density at radius 2 is 1.81 bits per heavy atom. The largest absolute Gasteiger partial charge is 0.491 e. The Morgan fingerprint density at radius 1 is 1.08 bits per heavy atom. The molecule has 0 saturated carbocycles. The first-order valence-corrected chi connectivity index (χ1v) is 9.01. The maximum Gasteiger partial charge on any atom is 0.226 e. The van der Waals surface area contributed by atoms with Crippen LogP contribution in [-0.2, 0) is 9.59 Å². The van der Waals surface area contributed by atoms with E-state index in [0.29, 0.717) is 11.4 Å². The van der Waals surface area contributed by atoms with Crippen molar-refractivity contribution in [2.45, 2.75) is 12.8 Å². The number of rotatable bonds is 8. The zero-order valence-electron chi connectivity index (χ0n) is 13.7. The van der Waals surface area contributed by atoms with Crippen LogP contribution in [0.25, 0.3) is 0 Å². The van der Waals surface area contributed by atoms with Crippen LogP contribution in [0, 0.1) is 5.82 Å². The molecule has 2 amide bonds. The minimum Gasteiger partial charge on any atom is -0.491 e. The molecule has 0 aliphatic rings. The van der Waals surface area contributed by atoms with E-state index in [1.54, 1.807) is 12.1 Å². The standard InChI is InChI=1S/C18H17BrClFN2O3/c19-12-1-4-14(5-2-12)23-18(25)7-9-22-17(24)8-10-26-16-6-3-13(21)11-15(16)20/h1-6,11H,7-10H2,(H,22,24)(H,23,25). The van der Waals surface area contributed by atoms with Gasteiger partial charge in [-0.05, 0) is 42.5 Å². The van der Waals surface area contributed by atoms with Crippen LogP contribution in [-0.4, -0.2) is 25.0 Å². The van der Waals surface area contributed by atoms with E-state index >= 15 is 0 Å². The minimum absolute atomic E-state index is 0.0992. The lowest BCUT2D eigenvalue weighted by Crippen LogP contribution is -2.28. The zero-order chi connectivity index (χ0) is 18.9. The Kier molecular flexibility index (Phi) is 7.87. The quantitative estimate of drug-likeness (QED) is 0.644. The molecule has 2 aromatic carbocycles. The molecule has 2 N–H and O–H groups in total. The van der Waals surface area contributed by atoms with Crippen molar-refractivity contribution in [3.8, 4) is 5.75 Å². The molecule has 5 nitrogen and oxygen atoms in total. The Hall–Kier alpha value is -2.12. The zero-order valence-corrected chi connectivity index (χ0v) is 16.1. The average molecular weight is 444 g/mol. The van der Waals surface area contributed by atoms with E-state index in [9.17, 15) is 14.0 Å². The lowest BCUT2D eigenvalue weighted by Gasteiger charge is -2.09. The molecule has 26 heavy (non-hydrogen) atoms. The van der Waals surface area contributed by atoms with Gasteiger partial charge in [0.25, 0.3) is 0 Å². The molecule has 2 rings (SSSR count). The summed E-state index contributed by atoms with van der Waals surface area (Å²) in [5, 5.41) is 5.52. The van der Waals surface area contributed by atoms with Crippen molar-refractivity contribution in [2.75, 3.05) is 18.5 Å². The molecule has 0 radical (unpaired) electrons. The van der Waals surface area contributed by atoms with Gasteiger partial charge in [0.15, 0.2) is 0 Å². The summed E-state index contributed by atoms with van der Waals surface area (Å²) in [7, 11) is 0. The molecule has 0 atom stereocenters. The predicted octanol–water partition coefficient (Wildman–Crippen LogP) is 4.16. The van der Waals surface area contributed by atoms with Crippen LogP contribution in [0.4, 0.5) is 10.1 Å². The molecular weight excluding hydrogens is 427 g/mol. The molecule has 8 heteroatoms. The van der Waals surface area contributed by atoms with E-state index in [-0.39, 0.29) is 42.8 Å². The van der Waals surface area contributed by atoms with E-state index in [1.807, 2.05) is 12.1 Å². The molecule has 2 aromatic rings. The number of nitrogens with one attached hydrogen (secondary N) is 2. The number of hydrogen-bond acceptors (Lipinski definition) is 3. The van der Waals surface area contributed by atoms with Gasteiger partial charge in [-0.15, -0.1) is 0 Å². The van der Waals surface area contributed by atoms with Gasteiger partial charge in [-0.25, -0.2) is 4.39 Å². The van der Waals surface area contributed by atoms with Crippen molar-refractivity contribution in [1.29, 1.82) is 0 Å². The second-order valence-corrected chi connectivity index (χ2v) is 6.65. The maximum absolute atomic E-state index is 12.9. The lowest BCUT2D eigenvalue weighted by atomic mass is 10.3. The van der Waals surface area contributed by atoms with E-state index in [4.69, 9.17) is 16.3 Å². The Morgan fingerprint density at radius 3 is 2.50 bits per heavy atom. The molecule has 138 valence electrons. The van der Waals surface area contributed by atoms with Crippen LogP contribution < -0.4 is 15.4 Å². The average Bonchev–Trinajstić information content (AvgIpc) is 2.59. The molecule has 0 bridgehead atoms. The molecular formula is C18H17BrClFN2O3. The summed E-state index contributed by atoms with van der Waals surface area (Å²) in [5.41, 5.74) is 0.689. The monoisotopic (exact) mass is 442 g/mol. The number of halogens is 3. The lowest BCUT2D eigenvalue weighted by molar-refractivity contribution is -0.121.